The van der Waals surface area contributed by atoms with E-state index in [1.807, 2.05) is 6.92 Å². The fourth-order valence-corrected chi connectivity index (χ4v) is 1.43. The number of nitrogens with zero attached hydrogens (tertiary/aromatic N) is 2. The van der Waals surface area contributed by atoms with Gasteiger partial charge in [-0.2, -0.15) is 0 Å². The van der Waals surface area contributed by atoms with Crippen molar-refractivity contribution in [3.63, 3.8) is 0 Å². The smallest absolute Gasteiger partial charge is 0.160 e. The van der Waals surface area contributed by atoms with Crippen molar-refractivity contribution >= 4 is 11.6 Å². The number of nitrogens with one attached hydrogen (secondary N) is 2. The monoisotopic (exact) mass is 225 g/mol. The van der Waals surface area contributed by atoms with Crippen LogP contribution in [-0.2, 0) is 0 Å². The van der Waals surface area contributed by atoms with Crippen LogP contribution >= 0.6 is 0 Å². The first-order valence-electron chi connectivity index (χ1n) is 5.32. The number of hydrogen-bond donors (Lipinski definition) is 4. The van der Waals surface area contributed by atoms with Crippen LogP contribution in [0, 0.1) is 0 Å². The number of nitrogens with two attached hydrogens (primary N) is 1. The molecule has 1 rings (SSSR count). The second-order valence-electron chi connectivity index (χ2n) is 4.03. The summed E-state index contributed by atoms with van der Waals surface area (Å²) in [4.78, 5) is 8.09. The van der Waals surface area contributed by atoms with Crippen molar-refractivity contribution in [2.45, 2.75) is 32.3 Å². The first-order chi connectivity index (χ1) is 7.57. The molecule has 0 fully saturated rings. The first-order valence-corrected chi connectivity index (χ1v) is 5.32. The molecule has 5 N–H and O–H groups in total. The lowest BCUT2D eigenvalue weighted by atomic mass is 10.0. The third-order valence-corrected chi connectivity index (χ3v) is 2.22. The van der Waals surface area contributed by atoms with Crippen LogP contribution in [0.5, 0.6) is 0 Å². The zero-order chi connectivity index (χ0) is 12.0. The molecule has 0 aliphatic rings. The van der Waals surface area contributed by atoms with E-state index in [0.717, 1.165) is 12.8 Å². The molecule has 0 saturated carbocycles. The number of hydrazine groups is 1. The number of anilines is 2. The van der Waals surface area contributed by atoms with Crippen LogP contribution in [0.4, 0.5) is 11.6 Å². The zero-order valence-corrected chi connectivity index (χ0v) is 9.70. The highest BCUT2D eigenvalue weighted by atomic mass is 16.3. The minimum Gasteiger partial charge on any atom is -0.388 e. The molecule has 1 unspecified atom stereocenters. The SMILES string of the molecule is CCCC(C)(O)CNc1cncc(NN)n1. The van der Waals surface area contributed by atoms with Crippen LogP contribution in [0.2, 0.25) is 0 Å². The Bertz CT molecular complexity index is 329. The lowest BCUT2D eigenvalue weighted by Gasteiger charge is -2.23. The van der Waals surface area contributed by atoms with Gasteiger partial charge in [-0.25, -0.2) is 10.8 Å². The second-order valence-corrected chi connectivity index (χ2v) is 4.03. The van der Waals surface area contributed by atoms with Crippen LogP contribution < -0.4 is 16.6 Å². The molecular formula is C10H19N5O. The summed E-state index contributed by atoms with van der Waals surface area (Å²) >= 11 is 0. The number of aromatic nitrogens is 2. The van der Waals surface area contributed by atoms with Gasteiger partial charge in [-0.15, -0.1) is 0 Å². The Morgan fingerprint density at radius 2 is 2.12 bits per heavy atom. The Balaban J connectivity index is 2.53. The average molecular weight is 225 g/mol. The fraction of sp³-hybridized carbons (Fsp3) is 0.600. The van der Waals surface area contributed by atoms with Crippen molar-refractivity contribution in [3.8, 4) is 0 Å². The number of nitrogen functional groups attached to an aromatic ring is 1. The molecule has 0 saturated heterocycles. The van der Waals surface area contributed by atoms with Crippen molar-refractivity contribution in [2.75, 3.05) is 17.3 Å². The molecule has 1 heterocycles. The molecule has 0 aromatic carbocycles. The molecule has 0 amide bonds. The summed E-state index contributed by atoms with van der Waals surface area (Å²) in [5, 5.41) is 13.0. The van der Waals surface area contributed by atoms with Gasteiger partial charge in [0.25, 0.3) is 0 Å². The molecule has 6 nitrogen and oxygen atoms in total. The predicted octanol–water partition coefficient (Wildman–Crippen LogP) is 0.725. The van der Waals surface area contributed by atoms with E-state index in [-0.39, 0.29) is 0 Å². The lowest BCUT2D eigenvalue weighted by molar-refractivity contribution is 0.0636. The Morgan fingerprint density at radius 1 is 1.44 bits per heavy atom. The molecule has 1 aromatic rings. The molecule has 1 aromatic heterocycles. The maximum absolute atomic E-state index is 9.95. The van der Waals surface area contributed by atoms with Crippen molar-refractivity contribution < 1.29 is 5.11 Å². The minimum absolute atomic E-state index is 0.434. The quantitative estimate of drug-likeness (QED) is 0.421. The number of rotatable bonds is 6. The predicted molar refractivity (Wildman–Crippen MR) is 63.9 cm³/mol. The van der Waals surface area contributed by atoms with Crippen LogP contribution in [-0.4, -0.2) is 27.2 Å². The third kappa shape index (κ3) is 4.00. The van der Waals surface area contributed by atoms with E-state index in [0.29, 0.717) is 18.2 Å². The molecular weight excluding hydrogens is 206 g/mol. The van der Waals surface area contributed by atoms with Gasteiger partial charge >= 0.3 is 0 Å². The van der Waals surface area contributed by atoms with Gasteiger partial charge in [0, 0.05) is 6.54 Å². The summed E-state index contributed by atoms with van der Waals surface area (Å²) in [7, 11) is 0. The molecule has 0 bridgehead atoms. The summed E-state index contributed by atoms with van der Waals surface area (Å²) < 4.78 is 0. The normalized spacial score (nSPS) is 14.2. The van der Waals surface area contributed by atoms with E-state index in [2.05, 4.69) is 20.7 Å². The molecule has 16 heavy (non-hydrogen) atoms. The van der Waals surface area contributed by atoms with E-state index >= 15 is 0 Å². The van der Waals surface area contributed by atoms with E-state index in [1.165, 1.54) is 6.20 Å². The van der Waals surface area contributed by atoms with E-state index in [4.69, 9.17) is 5.84 Å². The van der Waals surface area contributed by atoms with Crippen molar-refractivity contribution in [2.24, 2.45) is 5.84 Å². The summed E-state index contributed by atoms with van der Waals surface area (Å²) in [6.07, 6.45) is 4.78. The number of aliphatic hydroxyl groups is 1. The minimum atomic E-state index is -0.734. The molecule has 1 atom stereocenters. The topological polar surface area (TPSA) is 96.1 Å². The second kappa shape index (κ2) is 5.62. The van der Waals surface area contributed by atoms with Crippen LogP contribution in [0.1, 0.15) is 26.7 Å². The first kappa shape index (κ1) is 12.7. The van der Waals surface area contributed by atoms with Gasteiger partial charge in [0.2, 0.25) is 0 Å². The Morgan fingerprint density at radius 3 is 2.75 bits per heavy atom. The highest BCUT2D eigenvalue weighted by Gasteiger charge is 2.18. The van der Waals surface area contributed by atoms with Crippen molar-refractivity contribution in [1.29, 1.82) is 0 Å². The van der Waals surface area contributed by atoms with Crippen LogP contribution in [0.3, 0.4) is 0 Å². The molecule has 0 radical (unpaired) electrons. The molecule has 6 heteroatoms. The van der Waals surface area contributed by atoms with Crippen LogP contribution in [0.15, 0.2) is 12.4 Å². The number of hydrogen-bond acceptors (Lipinski definition) is 6. The van der Waals surface area contributed by atoms with E-state index in [1.54, 1.807) is 13.1 Å². The summed E-state index contributed by atoms with van der Waals surface area (Å²) in [6.45, 7) is 4.26. The van der Waals surface area contributed by atoms with Gasteiger partial charge in [-0.1, -0.05) is 13.3 Å². The summed E-state index contributed by atoms with van der Waals surface area (Å²) in [6, 6.07) is 0. The largest absolute Gasteiger partial charge is 0.388 e. The van der Waals surface area contributed by atoms with Gasteiger partial charge in [0.1, 0.15) is 5.82 Å². The van der Waals surface area contributed by atoms with Gasteiger partial charge in [-0.05, 0) is 13.3 Å². The van der Waals surface area contributed by atoms with Gasteiger partial charge in [-0.3, -0.25) is 4.98 Å². The highest BCUT2D eigenvalue weighted by molar-refractivity contribution is 5.40. The average Bonchev–Trinajstić information content (AvgIpc) is 2.27. The van der Waals surface area contributed by atoms with Gasteiger partial charge < -0.3 is 15.8 Å². The third-order valence-electron chi connectivity index (χ3n) is 2.22. The van der Waals surface area contributed by atoms with Crippen molar-refractivity contribution in [3.05, 3.63) is 12.4 Å². The Kier molecular flexibility index (Phi) is 4.45. The van der Waals surface area contributed by atoms with Crippen molar-refractivity contribution in [1.82, 2.24) is 9.97 Å². The maximum Gasteiger partial charge on any atom is 0.160 e. The zero-order valence-electron chi connectivity index (χ0n) is 9.70. The molecule has 0 aliphatic carbocycles. The summed E-state index contributed by atoms with van der Waals surface area (Å²) in [5.41, 5.74) is 1.68. The highest BCUT2D eigenvalue weighted by Crippen LogP contribution is 2.13. The maximum atomic E-state index is 9.95. The Labute approximate surface area is 95.3 Å². The fourth-order valence-electron chi connectivity index (χ4n) is 1.43. The summed E-state index contributed by atoms with van der Waals surface area (Å²) in [5.74, 6) is 6.29. The van der Waals surface area contributed by atoms with Crippen LogP contribution in [0.25, 0.3) is 0 Å². The van der Waals surface area contributed by atoms with E-state index < -0.39 is 5.60 Å². The lowest BCUT2D eigenvalue weighted by Crippen LogP contribution is -2.33. The van der Waals surface area contributed by atoms with Gasteiger partial charge in [0.15, 0.2) is 5.82 Å². The standard InChI is InChI=1S/C10H19N5O/c1-3-4-10(2,16)7-13-8-5-12-6-9(14-8)15-11/h5-6,16H,3-4,7,11H2,1-2H3,(H2,13,14,15). The van der Waals surface area contributed by atoms with Gasteiger partial charge in [0.05, 0.1) is 18.0 Å². The Hall–Kier alpha value is -1.40. The van der Waals surface area contributed by atoms with E-state index in [9.17, 15) is 5.11 Å². The molecule has 0 aliphatic heterocycles. The molecule has 90 valence electrons. The molecule has 0 spiro atoms.